The predicted molar refractivity (Wildman–Crippen MR) is 43.8 cm³/mol. The second kappa shape index (κ2) is 4.69. The van der Waals surface area contributed by atoms with Crippen LogP contribution in [0.2, 0.25) is 0 Å². The van der Waals surface area contributed by atoms with Crippen molar-refractivity contribution >= 4 is 0 Å². The molecule has 0 amide bonds. The Kier molecular flexibility index (Phi) is 4.65. The van der Waals surface area contributed by atoms with Gasteiger partial charge in [0.15, 0.2) is 0 Å². The average Bonchev–Trinajstić information content (AvgIpc) is 1.84. The van der Waals surface area contributed by atoms with Crippen molar-refractivity contribution in [3.63, 3.8) is 0 Å². The molecule has 2 heteroatoms. The van der Waals surface area contributed by atoms with Gasteiger partial charge in [-0.15, -0.1) is 0 Å². The third kappa shape index (κ3) is 4.77. The number of rotatable bonds is 5. The van der Waals surface area contributed by atoms with Gasteiger partial charge in [0.2, 0.25) is 0 Å². The molecule has 0 radical (unpaired) electrons. The lowest BCUT2D eigenvalue weighted by atomic mass is 10.1. The molecule has 0 saturated heterocycles. The smallest absolute Gasteiger partial charge is 0.113 e. The summed E-state index contributed by atoms with van der Waals surface area (Å²) in [5, 5.41) is 12.5. The van der Waals surface area contributed by atoms with Gasteiger partial charge in [-0.25, -0.2) is 0 Å². The summed E-state index contributed by atoms with van der Waals surface area (Å²) >= 11 is 0. The van der Waals surface area contributed by atoms with Crippen molar-refractivity contribution in [1.82, 2.24) is 5.32 Å². The predicted octanol–water partition coefficient (Wildman–Crippen LogP) is 1.49. The quantitative estimate of drug-likeness (QED) is 0.574. The van der Waals surface area contributed by atoms with E-state index in [2.05, 4.69) is 12.2 Å². The highest BCUT2D eigenvalue weighted by molar-refractivity contribution is 4.67. The molecule has 2 nitrogen and oxygen atoms in total. The molecule has 0 aliphatic rings. The van der Waals surface area contributed by atoms with E-state index in [1.807, 2.05) is 13.8 Å². The Morgan fingerprint density at radius 1 is 1.40 bits per heavy atom. The molecule has 0 heterocycles. The molecule has 0 aromatic carbocycles. The lowest BCUT2D eigenvalue weighted by Gasteiger charge is -2.23. The number of unbranched alkanes of at least 4 members (excludes halogenated alkanes) is 1. The first-order valence-corrected chi connectivity index (χ1v) is 4.09. The fourth-order valence-corrected chi connectivity index (χ4v) is 0.990. The molecular weight excluding hydrogens is 126 g/mol. The Hall–Kier alpha value is -0.0800. The van der Waals surface area contributed by atoms with Crippen molar-refractivity contribution < 1.29 is 5.11 Å². The summed E-state index contributed by atoms with van der Waals surface area (Å²) in [6.07, 6.45) is 3.07. The molecule has 0 aliphatic carbocycles. The number of nitrogens with one attached hydrogen (secondary N) is 1. The van der Waals surface area contributed by atoms with E-state index in [1.165, 1.54) is 0 Å². The van der Waals surface area contributed by atoms with Gasteiger partial charge in [-0.1, -0.05) is 20.3 Å². The molecule has 0 saturated carbocycles. The lowest BCUT2D eigenvalue weighted by molar-refractivity contribution is 0.0155. The van der Waals surface area contributed by atoms with E-state index in [0.717, 1.165) is 25.8 Å². The van der Waals surface area contributed by atoms with Crippen molar-refractivity contribution in [2.24, 2.45) is 0 Å². The maximum Gasteiger partial charge on any atom is 0.113 e. The van der Waals surface area contributed by atoms with E-state index < -0.39 is 5.72 Å². The largest absolute Gasteiger partial charge is 0.376 e. The number of hydrogen-bond acceptors (Lipinski definition) is 2. The molecule has 1 atom stereocenters. The molecular formula is C8H19NO. The summed E-state index contributed by atoms with van der Waals surface area (Å²) in [5.74, 6) is 0. The molecule has 0 aromatic rings. The minimum absolute atomic E-state index is 0.648. The summed E-state index contributed by atoms with van der Waals surface area (Å²) in [4.78, 5) is 0. The van der Waals surface area contributed by atoms with Gasteiger partial charge in [0.25, 0.3) is 0 Å². The minimum Gasteiger partial charge on any atom is -0.376 e. The highest BCUT2D eigenvalue weighted by Crippen LogP contribution is 2.08. The summed E-state index contributed by atoms with van der Waals surface area (Å²) in [7, 11) is 0. The van der Waals surface area contributed by atoms with Crippen LogP contribution in [0.25, 0.3) is 0 Å². The number of hydrogen-bond donors (Lipinski definition) is 2. The van der Waals surface area contributed by atoms with Crippen LogP contribution >= 0.6 is 0 Å². The molecule has 1 unspecified atom stereocenters. The maximum atomic E-state index is 9.53. The third-order valence-electron chi connectivity index (χ3n) is 1.57. The van der Waals surface area contributed by atoms with Gasteiger partial charge in [-0.05, 0) is 26.3 Å². The van der Waals surface area contributed by atoms with Crippen LogP contribution in [0.15, 0.2) is 0 Å². The Morgan fingerprint density at radius 2 is 2.00 bits per heavy atom. The van der Waals surface area contributed by atoms with Crippen molar-refractivity contribution in [3.8, 4) is 0 Å². The van der Waals surface area contributed by atoms with Gasteiger partial charge >= 0.3 is 0 Å². The second-order valence-corrected chi connectivity index (χ2v) is 2.91. The highest BCUT2D eigenvalue weighted by Gasteiger charge is 2.16. The van der Waals surface area contributed by atoms with Crippen molar-refractivity contribution in [2.45, 2.75) is 45.8 Å². The minimum atomic E-state index is -0.648. The molecule has 10 heavy (non-hydrogen) atoms. The Balaban J connectivity index is 3.42. The SMILES string of the molecule is CCCCC(C)(O)NCC. The monoisotopic (exact) mass is 145 g/mol. The first-order chi connectivity index (χ1) is 4.62. The Bertz CT molecular complexity index is 81.3. The molecule has 0 aromatic heterocycles. The van der Waals surface area contributed by atoms with Crippen LogP contribution in [0.1, 0.15) is 40.0 Å². The summed E-state index contributed by atoms with van der Waals surface area (Å²) < 4.78 is 0. The highest BCUT2D eigenvalue weighted by atomic mass is 16.3. The van der Waals surface area contributed by atoms with E-state index in [1.54, 1.807) is 0 Å². The van der Waals surface area contributed by atoms with Crippen molar-refractivity contribution in [3.05, 3.63) is 0 Å². The summed E-state index contributed by atoms with van der Waals surface area (Å²) in [6.45, 7) is 6.78. The van der Waals surface area contributed by atoms with Crippen LogP contribution in [0.4, 0.5) is 0 Å². The average molecular weight is 145 g/mol. The molecule has 0 spiro atoms. The van der Waals surface area contributed by atoms with E-state index in [4.69, 9.17) is 0 Å². The molecule has 0 bridgehead atoms. The van der Waals surface area contributed by atoms with Gasteiger partial charge in [0, 0.05) is 0 Å². The Morgan fingerprint density at radius 3 is 2.40 bits per heavy atom. The van der Waals surface area contributed by atoms with Gasteiger partial charge in [0.1, 0.15) is 5.72 Å². The van der Waals surface area contributed by atoms with Crippen molar-refractivity contribution in [2.75, 3.05) is 6.54 Å². The second-order valence-electron chi connectivity index (χ2n) is 2.91. The molecule has 2 N–H and O–H groups in total. The Labute approximate surface area is 63.6 Å². The summed E-state index contributed by atoms with van der Waals surface area (Å²) in [6, 6.07) is 0. The zero-order valence-corrected chi connectivity index (χ0v) is 7.28. The summed E-state index contributed by atoms with van der Waals surface area (Å²) in [5.41, 5.74) is -0.648. The van der Waals surface area contributed by atoms with Gasteiger partial charge in [0.05, 0.1) is 0 Å². The zero-order valence-electron chi connectivity index (χ0n) is 7.28. The maximum absolute atomic E-state index is 9.53. The molecule has 0 fully saturated rings. The van der Waals surface area contributed by atoms with Crippen LogP contribution in [-0.4, -0.2) is 17.4 Å². The van der Waals surface area contributed by atoms with Crippen LogP contribution < -0.4 is 5.32 Å². The standard InChI is InChI=1S/C8H19NO/c1-4-6-7-8(3,10)9-5-2/h9-10H,4-7H2,1-3H3. The van der Waals surface area contributed by atoms with Gasteiger partial charge in [-0.2, -0.15) is 0 Å². The van der Waals surface area contributed by atoms with Gasteiger partial charge < -0.3 is 5.11 Å². The van der Waals surface area contributed by atoms with Crippen molar-refractivity contribution in [1.29, 1.82) is 0 Å². The normalized spacial score (nSPS) is 16.8. The van der Waals surface area contributed by atoms with Crippen LogP contribution in [0.3, 0.4) is 0 Å². The van der Waals surface area contributed by atoms with E-state index in [-0.39, 0.29) is 0 Å². The lowest BCUT2D eigenvalue weighted by Crippen LogP contribution is -2.41. The zero-order chi connectivity index (χ0) is 8.04. The van der Waals surface area contributed by atoms with E-state index >= 15 is 0 Å². The van der Waals surface area contributed by atoms with Crippen LogP contribution in [0.5, 0.6) is 0 Å². The van der Waals surface area contributed by atoms with Gasteiger partial charge in [-0.3, -0.25) is 5.32 Å². The number of aliphatic hydroxyl groups is 1. The first kappa shape index (κ1) is 9.92. The fourth-order valence-electron chi connectivity index (χ4n) is 0.990. The molecule has 62 valence electrons. The van der Waals surface area contributed by atoms with Crippen LogP contribution in [0, 0.1) is 0 Å². The van der Waals surface area contributed by atoms with E-state index in [0.29, 0.717) is 0 Å². The first-order valence-electron chi connectivity index (χ1n) is 4.09. The topological polar surface area (TPSA) is 32.3 Å². The third-order valence-corrected chi connectivity index (χ3v) is 1.57. The van der Waals surface area contributed by atoms with E-state index in [9.17, 15) is 5.11 Å². The fraction of sp³-hybridized carbons (Fsp3) is 1.00. The molecule has 0 aliphatic heterocycles. The molecule has 0 rings (SSSR count). The van der Waals surface area contributed by atoms with Crippen LogP contribution in [-0.2, 0) is 0 Å².